The number of anilines is 1. The van der Waals surface area contributed by atoms with Crippen LogP contribution in [0.3, 0.4) is 0 Å². The number of halogens is 1. The van der Waals surface area contributed by atoms with Crippen LogP contribution in [0.4, 0.5) is 5.69 Å². The summed E-state index contributed by atoms with van der Waals surface area (Å²) in [6.07, 6.45) is 3.43. The number of hydrogen-bond donors (Lipinski definition) is 2. The van der Waals surface area contributed by atoms with Crippen molar-refractivity contribution in [3.63, 3.8) is 0 Å². The molecule has 6 nitrogen and oxygen atoms in total. The van der Waals surface area contributed by atoms with Crippen LogP contribution in [0.1, 0.15) is 27.2 Å². The molecule has 128 valence electrons. The lowest BCUT2D eigenvalue weighted by atomic mass is 9.96. The number of aromatic nitrogens is 2. The number of amides is 2. The Hall–Kier alpha value is -2.34. The van der Waals surface area contributed by atoms with E-state index in [1.165, 1.54) is 0 Å². The van der Waals surface area contributed by atoms with Crippen molar-refractivity contribution in [2.24, 2.45) is 5.41 Å². The molecule has 2 amide bonds. The molecule has 0 aliphatic heterocycles. The fraction of sp³-hybridized carbons (Fsp3) is 0.353. The van der Waals surface area contributed by atoms with Gasteiger partial charge in [0.25, 0.3) is 0 Å². The minimum Gasteiger partial charge on any atom is -0.355 e. The van der Waals surface area contributed by atoms with Gasteiger partial charge in [-0.1, -0.05) is 44.5 Å². The van der Waals surface area contributed by atoms with Gasteiger partial charge in [0.1, 0.15) is 0 Å². The maximum atomic E-state index is 11.9. The summed E-state index contributed by atoms with van der Waals surface area (Å²) in [4.78, 5) is 23.7. The summed E-state index contributed by atoms with van der Waals surface area (Å²) >= 11 is 6.12. The van der Waals surface area contributed by atoms with E-state index in [0.29, 0.717) is 17.3 Å². The molecule has 7 heteroatoms. The molecule has 0 bridgehead atoms. The van der Waals surface area contributed by atoms with Gasteiger partial charge in [-0.15, -0.1) is 0 Å². The van der Waals surface area contributed by atoms with Crippen LogP contribution in [0, 0.1) is 5.41 Å². The van der Waals surface area contributed by atoms with Crippen molar-refractivity contribution in [1.29, 1.82) is 0 Å². The Morgan fingerprint density at radius 1 is 1.25 bits per heavy atom. The predicted molar refractivity (Wildman–Crippen MR) is 94.3 cm³/mol. The topological polar surface area (TPSA) is 76.0 Å². The van der Waals surface area contributed by atoms with E-state index in [1.54, 1.807) is 23.1 Å². The summed E-state index contributed by atoms with van der Waals surface area (Å²) in [6.45, 7) is 5.77. The summed E-state index contributed by atoms with van der Waals surface area (Å²) in [5.41, 5.74) is 0.839. The van der Waals surface area contributed by atoms with Crippen LogP contribution < -0.4 is 10.6 Å². The summed E-state index contributed by atoms with van der Waals surface area (Å²) in [7, 11) is 0. The Balaban J connectivity index is 1.87. The normalized spacial score (nSPS) is 11.2. The third-order valence-corrected chi connectivity index (χ3v) is 3.60. The third-order valence-electron chi connectivity index (χ3n) is 3.28. The van der Waals surface area contributed by atoms with Crippen molar-refractivity contribution < 1.29 is 9.59 Å². The lowest BCUT2D eigenvalue weighted by Crippen LogP contribution is -2.36. The molecule has 0 saturated heterocycles. The molecule has 0 spiro atoms. The van der Waals surface area contributed by atoms with E-state index in [0.717, 1.165) is 5.69 Å². The fourth-order valence-electron chi connectivity index (χ4n) is 1.93. The fourth-order valence-corrected chi connectivity index (χ4v) is 2.16. The van der Waals surface area contributed by atoms with Crippen LogP contribution in [0.5, 0.6) is 0 Å². The molecule has 0 atom stereocenters. The minimum atomic E-state index is -0.466. The van der Waals surface area contributed by atoms with E-state index >= 15 is 0 Å². The van der Waals surface area contributed by atoms with Crippen molar-refractivity contribution >= 4 is 29.1 Å². The van der Waals surface area contributed by atoms with Gasteiger partial charge in [-0.05, 0) is 12.1 Å². The first-order chi connectivity index (χ1) is 11.3. The van der Waals surface area contributed by atoms with E-state index < -0.39 is 5.41 Å². The van der Waals surface area contributed by atoms with E-state index in [2.05, 4.69) is 15.7 Å². The number of nitrogens with zero attached hydrogens (tertiary/aromatic N) is 2. The second-order valence-corrected chi connectivity index (χ2v) is 6.84. The second-order valence-electron chi connectivity index (χ2n) is 6.43. The van der Waals surface area contributed by atoms with Gasteiger partial charge in [0.2, 0.25) is 11.8 Å². The molecule has 0 fully saturated rings. The molecule has 0 aliphatic carbocycles. The van der Waals surface area contributed by atoms with E-state index in [4.69, 9.17) is 11.6 Å². The van der Waals surface area contributed by atoms with Crippen LogP contribution in [0.25, 0.3) is 5.69 Å². The van der Waals surface area contributed by atoms with Crippen molar-refractivity contribution in [2.45, 2.75) is 27.2 Å². The number of nitrogens with one attached hydrogen (secondary N) is 2. The first kappa shape index (κ1) is 18.0. The van der Waals surface area contributed by atoms with Crippen molar-refractivity contribution in [1.82, 2.24) is 15.1 Å². The maximum absolute atomic E-state index is 11.9. The van der Waals surface area contributed by atoms with Gasteiger partial charge in [-0.25, -0.2) is 4.68 Å². The second kappa shape index (κ2) is 7.49. The molecule has 0 aliphatic rings. The van der Waals surface area contributed by atoms with Crippen LogP contribution in [-0.2, 0) is 9.59 Å². The highest BCUT2D eigenvalue weighted by atomic mass is 35.5. The number of hydrogen-bond acceptors (Lipinski definition) is 3. The highest BCUT2D eigenvalue weighted by Crippen LogP contribution is 2.20. The zero-order chi connectivity index (χ0) is 17.7. The largest absolute Gasteiger partial charge is 0.355 e. The summed E-state index contributed by atoms with van der Waals surface area (Å²) in [5.74, 6) is -0.273. The smallest absolute Gasteiger partial charge is 0.226 e. The zero-order valence-electron chi connectivity index (χ0n) is 14.0. The van der Waals surface area contributed by atoms with Gasteiger partial charge in [-0.3, -0.25) is 9.59 Å². The molecular weight excluding hydrogens is 328 g/mol. The van der Waals surface area contributed by atoms with E-state index in [-0.39, 0.29) is 18.2 Å². The molecular formula is C17H21ClN4O2. The monoisotopic (exact) mass is 348 g/mol. The average Bonchev–Trinajstić information content (AvgIpc) is 2.94. The number of carbonyl (C=O) groups excluding carboxylic acids is 2. The number of rotatable bonds is 5. The van der Waals surface area contributed by atoms with Crippen molar-refractivity contribution in [3.8, 4) is 5.69 Å². The van der Waals surface area contributed by atoms with Gasteiger partial charge in [0, 0.05) is 18.4 Å². The lowest BCUT2D eigenvalue weighted by Gasteiger charge is -2.17. The zero-order valence-corrected chi connectivity index (χ0v) is 14.7. The molecule has 0 unspecified atom stereocenters. The third kappa shape index (κ3) is 4.83. The number of carbonyl (C=O) groups is 2. The van der Waals surface area contributed by atoms with Crippen LogP contribution in [0.15, 0.2) is 36.7 Å². The molecule has 1 aromatic carbocycles. The summed E-state index contributed by atoms with van der Waals surface area (Å²) in [6, 6.07) is 7.31. The van der Waals surface area contributed by atoms with E-state index in [1.807, 2.05) is 39.0 Å². The van der Waals surface area contributed by atoms with Crippen LogP contribution >= 0.6 is 11.6 Å². The number of benzene rings is 1. The Kier molecular flexibility index (Phi) is 5.62. The van der Waals surface area contributed by atoms with Gasteiger partial charge in [0.15, 0.2) is 0 Å². The molecule has 0 radical (unpaired) electrons. The van der Waals surface area contributed by atoms with Crippen molar-refractivity contribution in [2.75, 3.05) is 11.9 Å². The molecule has 2 rings (SSSR count). The molecule has 1 heterocycles. The Bertz CT molecular complexity index is 734. The van der Waals surface area contributed by atoms with Crippen molar-refractivity contribution in [3.05, 3.63) is 41.7 Å². The first-order valence-corrected chi connectivity index (χ1v) is 8.03. The quantitative estimate of drug-likeness (QED) is 0.872. The van der Waals surface area contributed by atoms with Gasteiger partial charge >= 0.3 is 0 Å². The Labute approximate surface area is 146 Å². The molecule has 1 aromatic heterocycles. The Morgan fingerprint density at radius 3 is 2.62 bits per heavy atom. The van der Waals surface area contributed by atoms with Gasteiger partial charge in [-0.2, -0.15) is 5.10 Å². The Morgan fingerprint density at radius 2 is 1.96 bits per heavy atom. The average molecular weight is 349 g/mol. The highest BCUT2D eigenvalue weighted by Gasteiger charge is 2.20. The summed E-state index contributed by atoms with van der Waals surface area (Å²) < 4.78 is 1.60. The van der Waals surface area contributed by atoms with Gasteiger partial charge in [0.05, 0.1) is 28.8 Å². The summed E-state index contributed by atoms with van der Waals surface area (Å²) in [5, 5.41) is 10.2. The van der Waals surface area contributed by atoms with Gasteiger partial charge < -0.3 is 10.6 Å². The molecule has 2 N–H and O–H groups in total. The SMILES string of the molecule is CC(C)(C)C(=O)NCCC(=O)Nc1cnn(-c2ccccc2Cl)c1. The molecule has 0 saturated carbocycles. The van der Waals surface area contributed by atoms with E-state index in [9.17, 15) is 9.59 Å². The van der Waals surface area contributed by atoms with Crippen LogP contribution in [0.2, 0.25) is 5.02 Å². The molecule has 24 heavy (non-hydrogen) atoms. The van der Waals surface area contributed by atoms with Crippen LogP contribution in [-0.4, -0.2) is 28.1 Å². The highest BCUT2D eigenvalue weighted by molar-refractivity contribution is 6.32. The standard InChI is InChI=1S/C17H21ClN4O2/c1-17(2,3)16(24)19-9-8-15(23)21-12-10-20-22(11-12)14-7-5-4-6-13(14)18/h4-7,10-11H,8-9H2,1-3H3,(H,19,24)(H,21,23). The maximum Gasteiger partial charge on any atom is 0.226 e. The molecule has 2 aromatic rings. The first-order valence-electron chi connectivity index (χ1n) is 7.65. The minimum absolute atomic E-state index is 0.0816. The predicted octanol–water partition coefficient (Wildman–Crippen LogP) is 3.02. The number of para-hydroxylation sites is 1. The lowest BCUT2D eigenvalue weighted by molar-refractivity contribution is -0.128.